The number of hydrogen-bond acceptors (Lipinski definition) is 3. The molecule has 0 unspecified atom stereocenters. The maximum absolute atomic E-state index is 14.1. The van der Waals surface area contributed by atoms with Crippen LogP contribution in [0.25, 0.3) is 0 Å². The second-order valence-electron chi connectivity index (χ2n) is 5.31. The van der Waals surface area contributed by atoms with Gasteiger partial charge in [-0.05, 0) is 37.5 Å². The van der Waals surface area contributed by atoms with Gasteiger partial charge in [-0.2, -0.15) is 5.26 Å². The summed E-state index contributed by atoms with van der Waals surface area (Å²) in [5.74, 6) is -6.84. The van der Waals surface area contributed by atoms with E-state index in [9.17, 15) is 22.4 Å². The van der Waals surface area contributed by atoms with Crippen LogP contribution in [0.3, 0.4) is 0 Å². The lowest BCUT2D eigenvalue weighted by atomic mass is 10.1. The summed E-state index contributed by atoms with van der Waals surface area (Å²) in [6.45, 7) is 1.81. The number of aryl methyl sites for hydroxylation is 1. The average Bonchev–Trinajstić information content (AvgIpc) is 2.54. The third kappa shape index (κ3) is 4.28. The number of halogens is 4. The maximum atomic E-state index is 14.1. The summed E-state index contributed by atoms with van der Waals surface area (Å²) in [6.07, 6.45) is 4.57. The molecule has 0 aliphatic heterocycles. The summed E-state index contributed by atoms with van der Waals surface area (Å²) in [7, 11) is 0. The standard InChI is InChI=1S/C19H13F4NO2/c1-2-3-4-5-11-6-16(22)18(17(23)7-11)19(25)26-12-8-14(20)13(10-24)15(21)9-12/h2-3,6-9H,4-5H2,1H3/b3-2+. The predicted octanol–water partition coefficient (Wildman–Crippen LogP) is 4.84. The summed E-state index contributed by atoms with van der Waals surface area (Å²) in [5.41, 5.74) is -1.47. The summed E-state index contributed by atoms with van der Waals surface area (Å²) in [4.78, 5) is 12.0. The summed E-state index contributed by atoms with van der Waals surface area (Å²) in [5, 5.41) is 8.59. The third-order valence-electron chi connectivity index (χ3n) is 3.48. The maximum Gasteiger partial charge on any atom is 0.349 e. The van der Waals surface area contributed by atoms with Crippen molar-refractivity contribution in [2.45, 2.75) is 19.8 Å². The van der Waals surface area contributed by atoms with Gasteiger partial charge in [0.05, 0.1) is 0 Å². The number of carbonyl (C=O) groups is 1. The second kappa shape index (κ2) is 8.30. The Kier molecular flexibility index (Phi) is 6.12. The van der Waals surface area contributed by atoms with Crippen LogP contribution in [0.1, 0.15) is 34.8 Å². The van der Waals surface area contributed by atoms with E-state index in [1.54, 1.807) is 6.08 Å². The monoisotopic (exact) mass is 363 g/mol. The molecule has 0 radical (unpaired) electrons. The minimum Gasteiger partial charge on any atom is -0.423 e. The quantitative estimate of drug-likeness (QED) is 0.330. The van der Waals surface area contributed by atoms with Crippen molar-refractivity contribution in [1.82, 2.24) is 0 Å². The van der Waals surface area contributed by atoms with Crippen molar-refractivity contribution in [2.24, 2.45) is 0 Å². The first-order chi connectivity index (χ1) is 12.4. The molecule has 0 atom stereocenters. The van der Waals surface area contributed by atoms with Crippen molar-refractivity contribution < 1.29 is 27.1 Å². The molecule has 0 aliphatic rings. The Balaban J connectivity index is 2.26. The van der Waals surface area contributed by atoms with Gasteiger partial charge in [-0.25, -0.2) is 22.4 Å². The SMILES string of the molecule is C/C=C/CCc1cc(F)c(C(=O)Oc2cc(F)c(C#N)c(F)c2)c(F)c1. The van der Waals surface area contributed by atoms with Gasteiger partial charge in [-0.1, -0.05) is 12.2 Å². The zero-order valence-corrected chi connectivity index (χ0v) is 13.7. The lowest BCUT2D eigenvalue weighted by Crippen LogP contribution is -2.14. The van der Waals surface area contributed by atoms with Crippen LogP contribution in [0.4, 0.5) is 17.6 Å². The normalized spacial score (nSPS) is 10.8. The third-order valence-corrected chi connectivity index (χ3v) is 3.48. The smallest absolute Gasteiger partial charge is 0.349 e. The lowest BCUT2D eigenvalue weighted by molar-refractivity contribution is 0.0723. The van der Waals surface area contributed by atoms with E-state index < -0.39 is 46.1 Å². The van der Waals surface area contributed by atoms with Crippen LogP contribution < -0.4 is 4.74 Å². The molecule has 0 aromatic heterocycles. The van der Waals surface area contributed by atoms with Gasteiger partial charge in [0.2, 0.25) is 0 Å². The van der Waals surface area contributed by atoms with Gasteiger partial charge in [0.1, 0.15) is 46.2 Å². The molecule has 0 heterocycles. The van der Waals surface area contributed by atoms with Crippen LogP contribution in [-0.4, -0.2) is 5.97 Å². The molecule has 134 valence electrons. The number of nitriles is 1. The number of rotatable bonds is 5. The Morgan fingerprint density at radius 1 is 1.08 bits per heavy atom. The Bertz CT molecular complexity index is 870. The molecule has 7 heteroatoms. The molecule has 0 N–H and O–H groups in total. The van der Waals surface area contributed by atoms with Gasteiger partial charge in [0.15, 0.2) is 0 Å². The number of ether oxygens (including phenoxy) is 1. The van der Waals surface area contributed by atoms with Crippen molar-refractivity contribution in [1.29, 1.82) is 5.26 Å². The molecular formula is C19H13F4NO2. The highest BCUT2D eigenvalue weighted by Crippen LogP contribution is 2.23. The Hall–Kier alpha value is -3.14. The predicted molar refractivity (Wildman–Crippen MR) is 85.5 cm³/mol. The first kappa shape index (κ1) is 19.2. The van der Waals surface area contributed by atoms with Gasteiger partial charge < -0.3 is 4.74 Å². The fourth-order valence-electron chi connectivity index (χ4n) is 2.26. The van der Waals surface area contributed by atoms with Crippen LogP contribution in [0.2, 0.25) is 0 Å². The van der Waals surface area contributed by atoms with Crippen molar-refractivity contribution in [3.05, 3.63) is 76.4 Å². The van der Waals surface area contributed by atoms with E-state index >= 15 is 0 Å². The molecule has 3 nitrogen and oxygen atoms in total. The minimum atomic E-state index is -1.44. The van der Waals surface area contributed by atoms with Crippen molar-refractivity contribution in [2.75, 3.05) is 0 Å². The lowest BCUT2D eigenvalue weighted by Gasteiger charge is -2.09. The first-order valence-corrected chi connectivity index (χ1v) is 7.57. The number of hydrogen-bond donors (Lipinski definition) is 0. The number of carbonyl (C=O) groups excluding carboxylic acids is 1. The fraction of sp³-hybridized carbons (Fsp3) is 0.158. The Morgan fingerprint density at radius 2 is 1.65 bits per heavy atom. The first-order valence-electron chi connectivity index (χ1n) is 7.57. The molecule has 2 rings (SSSR count). The molecule has 0 aliphatic carbocycles. The highest BCUT2D eigenvalue weighted by atomic mass is 19.1. The van der Waals surface area contributed by atoms with Gasteiger partial charge in [-0.3, -0.25) is 0 Å². The van der Waals surface area contributed by atoms with Crippen LogP contribution in [0.5, 0.6) is 5.75 Å². The molecule has 2 aromatic carbocycles. The molecule has 0 saturated heterocycles. The van der Waals surface area contributed by atoms with Gasteiger partial charge in [-0.15, -0.1) is 0 Å². The second-order valence-corrected chi connectivity index (χ2v) is 5.31. The van der Waals surface area contributed by atoms with E-state index in [4.69, 9.17) is 5.26 Å². The zero-order chi connectivity index (χ0) is 19.3. The Labute approximate surface area is 147 Å². The zero-order valence-electron chi connectivity index (χ0n) is 13.7. The highest BCUT2D eigenvalue weighted by Gasteiger charge is 2.22. The van der Waals surface area contributed by atoms with Gasteiger partial charge in [0, 0.05) is 12.1 Å². The average molecular weight is 363 g/mol. The number of nitrogens with zero attached hydrogens (tertiary/aromatic N) is 1. The van der Waals surface area contributed by atoms with E-state index in [0.717, 1.165) is 12.1 Å². The number of benzene rings is 2. The van der Waals surface area contributed by atoms with Crippen molar-refractivity contribution in [3.63, 3.8) is 0 Å². The highest BCUT2D eigenvalue weighted by molar-refractivity contribution is 5.91. The van der Waals surface area contributed by atoms with Gasteiger partial charge >= 0.3 is 5.97 Å². The van der Waals surface area contributed by atoms with Gasteiger partial charge in [0.25, 0.3) is 0 Å². The largest absolute Gasteiger partial charge is 0.423 e. The molecule has 0 saturated carbocycles. The minimum absolute atomic E-state index is 0.352. The number of allylic oxidation sites excluding steroid dienone is 2. The molecule has 0 fully saturated rings. The molecule has 2 aromatic rings. The topological polar surface area (TPSA) is 50.1 Å². The van der Waals surface area contributed by atoms with Crippen LogP contribution >= 0.6 is 0 Å². The summed E-state index contributed by atoms with van der Waals surface area (Å²) in [6, 6.07) is 4.48. The fourth-order valence-corrected chi connectivity index (χ4v) is 2.26. The van der Waals surface area contributed by atoms with Crippen LogP contribution in [-0.2, 0) is 6.42 Å². The van der Waals surface area contributed by atoms with Crippen molar-refractivity contribution in [3.8, 4) is 11.8 Å². The summed E-state index contributed by atoms with van der Waals surface area (Å²) >= 11 is 0. The Morgan fingerprint density at radius 3 is 2.15 bits per heavy atom. The van der Waals surface area contributed by atoms with Crippen molar-refractivity contribution >= 4 is 5.97 Å². The van der Waals surface area contributed by atoms with E-state index in [1.165, 1.54) is 6.07 Å². The number of esters is 1. The van der Waals surface area contributed by atoms with Crippen LogP contribution in [0, 0.1) is 34.6 Å². The van der Waals surface area contributed by atoms with E-state index in [2.05, 4.69) is 4.74 Å². The van der Waals surface area contributed by atoms with E-state index in [0.29, 0.717) is 30.5 Å². The molecule has 0 amide bonds. The van der Waals surface area contributed by atoms with Crippen LogP contribution in [0.15, 0.2) is 36.4 Å². The van der Waals surface area contributed by atoms with E-state index in [1.807, 2.05) is 13.0 Å². The molecular weight excluding hydrogens is 350 g/mol. The molecule has 0 bridgehead atoms. The van der Waals surface area contributed by atoms with E-state index in [-0.39, 0.29) is 0 Å². The molecule has 26 heavy (non-hydrogen) atoms. The molecule has 0 spiro atoms. The summed E-state index contributed by atoms with van der Waals surface area (Å²) < 4.78 is 59.9.